The Morgan fingerprint density at radius 1 is 1.22 bits per heavy atom. The summed E-state index contributed by atoms with van der Waals surface area (Å²) >= 11 is 1.66. The van der Waals surface area contributed by atoms with Crippen LogP contribution in [-0.4, -0.2) is 29.4 Å². The van der Waals surface area contributed by atoms with Crippen LogP contribution in [0.4, 0.5) is 5.69 Å². The fourth-order valence-electron chi connectivity index (χ4n) is 3.19. The van der Waals surface area contributed by atoms with Crippen LogP contribution in [0.3, 0.4) is 0 Å². The molecule has 1 aliphatic rings. The van der Waals surface area contributed by atoms with Crippen LogP contribution in [0.5, 0.6) is 0 Å². The highest BCUT2D eigenvalue weighted by Gasteiger charge is 2.23. The van der Waals surface area contributed by atoms with E-state index in [-0.39, 0.29) is 18.2 Å². The van der Waals surface area contributed by atoms with Crippen molar-refractivity contribution in [2.24, 2.45) is 5.92 Å². The first-order chi connectivity index (χ1) is 12.9. The van der Waals surface area contributed by atoms with Crippen molar-refractivity contribution in [1.82, 2.24) is 5.32 Å². The second kappa shape index (κ2) is 8.35. The largest absolute Gasteiger partial charge is 0.480 e. The molecule has 1 aromatic heterocycles. The normalized spacial score (nSPS) is 15.7. The van der Waals surface area contributed by atoms with E-state index in [1.807, 2.05) is 5.38 Å². The van der Waals surface area contributed by atoms with E-state index < -0.39 is 12.5 Å². The number of fused-ring (bicyclic) bond motifs is 1. The number of carbonyl (C=O) groups excluding carboxylic acids is 2. The summed E-state index contributed by atoms with van der Waals surface area (Å²) in [5.41, 5.74) is 3.36. The van der Waals surface area contributed by atoms with Crippen molar-refractivity contribution in [2.45, 2.75) is 32.6 Å². The number of benzene rings is 1. The van der Waals surface area contributed by atoms with Gasteiger partial charge in [-0.1, -0.05) is 19.1 Å². The van der Waals surface area contributed by atoms with Crippen molar-refractivity contribution in [3.63, 3.8) is 0 Å². The van der Waals surface area contributed by atoms with E-state index in [0.717, 1.165) is 30.4 Å². The Balaban J connectivity index is 1.59. The predicted octanol–water partition coefficient (Wildman–Crippen LogP) is 2.87. The second-order valence-corrected chi connectivity index (χ2v) is 7.86. The molecule has 1 heterocycles. The maximum atomic E-state index is 12.6. The minimum absolute atomic E-state index is 0.0950. The average Bonchev–Trinajstić information content (AvgIpc) is 3.04. The highest BCUT2D eigenvalue weighted by atomic mass is 32.1. The molecular formula is C20H22N2O4S. The molecule has 0 aliphatic heterocycles. The highest BCUT2D eigenvalue weighted by Crippen LogP contribution is 2.33. The number of anilines is 1. The molecule has 3 rings (SSSR count). The predicted molar refractivity (Wildman–Crippen MR) is 104 cm³/mol. The van der Waals surface area contributed by atoms with Crippen LogP contribution in [-0.2, 0) is 28.9 Å². The smallest absolute Gasteiger partial charge is 0.322 e. The lowest BCUT2D eigenvalue weighted by atomic mass is 9.88. The Morgan fingerprint density at radius 2 is 1.96 bits per heavy atom. The molecule has 6 nitrogen and oxygen atoms in total. The third-order valence-electron chi connectivity index (χ3n) is 4.66. The monoisotopic (exact) mass is 386 g/mol. The first-order valence-corrected chi connectivity index (χ1v) is 9.78. The topological polar surface area (TPSA) is 95.5 Å². The van der Waals surface area contributed by atoms with Gasteiger partial charge in [-0.25, -0.2) is 0 Å². The summed E-state index contributed by atoms with van der Waals surface area (Å²) in [5.74, 6) is -0.860. The maximum absolute atomic E-state index is 12.6. The molecule has 0 bridgehead atoms. The fourth-order valence-corrected chi connectivity index (χ4v) is 4.44. The summed E-state index contributed by atoms with van der Waals surface area (Å²) in [5, 5.41) is 15.7. The number of nitrogens with one attached hydrogen (secondary N) is 2. The minimum atomic E-state index is -1.08. The summed E-state index contributed by atoms with van der Waals surface area (Å²) in [6.07, 6.45) is 3.21. The molecule has 1 unspecified atom stereocenters. The van der Waals surface area contributed by atoms with Crippen molar-refractivity contribution >= 4 is 34.8 Å². The van der Waals surface area contributed by atoms with Crippen molar-refractivity contribution < 1.29 is 19.5 Å². The summed E-state index contributed by atoms with van der Waals surface area (Å²) < 4.78 is 0. The van der Waals surface area contributed by atoms with Gasteiger partial charge in [0.2, 0.25) is 5.91 Å². The lowest BCUT2D eigenvalue weighted by molar-refractivity contribution is -0.137. The van der Waals surface area contributed by atoms with Crippen LogP contribution in [0.15, 0.2) is 29.6 Å². The third-order valence-corrected chi connectivity index (χ3v) is 5.71. The number of aliphatic carboxylic acids is 1. The van der Waals surface area contributed by atoms with Crippen LogP contribution in [0.25, 0.3) is 0 Å². The Labute approximate surface area is 161 Å². The molecule has 142 valence electrons. The van der Waals surface area contributed by atoms with E-state index in [0.29, 0.717) is 11.6 Å². The van der Waals surface area contributed by atoms with Gasteiger partial charge in [0.1, 0.15) is 6.54 Å². The van der Waals surface area contributed by atoms with Crippen molar-refractivity contribution in [1.29, 1.82) is 0 Å². The van der Waals surface area contributed by atoms with Gasteiger partial charge in [0.15, 0.2) is 0 Å². The third kappa shape index (κ3) is 4.95. The molecule has 2 amide bonds. The Hall–Kier alpha value is -2.67. The van der Waals surface area contributed by atoms with Gasteiger partial charge in [-0.15, -0.1) is 11.3 Å². The molecule has 3 N–H and O–H groups in total. The number of carboxylic acids is 1. The molecule has 27 heavy (non-hydrogen) atoms. The minimum Gasteiger partial charge on any atom is -0.480 e. The van der Waals surface area contributed by atoms with E-state index in [2.05, 4.69) is 17.6 Å². The van der Waals surface area contributed by atoms with Gasteiger partial charge in [-0.3, -0.25) is 14.4 Å². The Bertz CT molecular complexity index is 857. The molecule has 0 fully saturated rings. The Morgan fingerprint density at radius 3 is 2.67 bits per heavy atom. The number of hydrogen-bond donors (Lipinski definition) is 3. The van der Waals surface area contributed by atoms with E-state index in [4.69, 9.17) is 5.11 Å². The first-order valence-electron chi connectivity index (χ1n) is 8.90. The lowest BCUT2D eigenvalue weighted by Gasteiger charge is -2.18. The van der Waals surface area contributed by atoms with Crippen LogP contribution in [0.1, 0.15) is 39.7 Å². The number of carbonyl (C=O) groups is 3. The zero-order chi connectivity index (χ0) is 19.4. The fraction of sp³-hybridized carbons (Fsp3) is 0.350. The summed E-state index contributed by atoms with van der Waals surface area (Å²) in [7, 11) is 0. The van der Waals surface area contributed by atoms with E-state index in [9.17, 15) is 14.4 Å². The van der Waals surface area contributed by atoms with Crippen molar-refractivity contribution in [3.8, 4) is 0 Å². The van der Waals surface area contributed by atoms with Gasteiger partial charge in [0.05, 0.1) is 12.0 Å². The zero-order valence-corrected chi connectivity index (χ0v) is 15.9. The number of amides is 2. The number of carboxylic acid groups (broad SMARTS) is 1. The molecule has 7 heteroatoms. The molecular weight excluding hydrogens is 364 g/mol. The molecule has 1 aliphatic carbocycles. The van der Waals surface area contributed by atoms with Crippen LogP contribution < -0.4 is 10.6 Å². The molecule has 0 spiro atoms. The SMILES string of the molecule is CC1CCc2c(C(=O)Nc3ccc(CC(=O)NCC(=O)O)cc3)csc2C1. The van der Waals surface area contributed by atoms with Crippen molar-refractivity contribution in [3.05, 3.63) is 51.2 Å². The Kier molecular flexibility index (Phi) is 5.91. The van der Waals surface area contributed by atoms with Crippen molar-refractivity contribution in [2.75, 3.05) is 11.9 Å². The van der Waals surface area contributed by atoms with Gasteiger partial charge in [0, 0.05) is 15.9 Å². The van der Waals surface area contributed by atoms with Crippen LogP contribution in [0, 0.1) is 5.92 Å². The maximum Gasteiger partial charge on any atom is 0.322 e. The first kappa shape index (κ1) is 19.1. The van der Waals surface area contributed by atoms with Crippen LogP contribution >= 0.6 is 11.3 Å². The molecule has 1 atom stereocenters. The quantitative estimate of drug-likeness (QED) is 0.711. The average molecular weight is 386 g/mol. The number of rotatable bonds is 6. The standard InChI is InChI=1S/C20H22N2O4S/c1-12-2-7-15-16(11-27-17(15)8-12)20(26)22-14-5-3-13(4-6-14)9-18(23)21-10-19(24)25/h3-6,11-12H,2,7-10H2,1H3,(H,21,23)(H,22,26)(H,24,25). The van der Waals surface area contributed by atoms with Gasteiger partial charge < -0.3 is 15.7 Å². The molecule has 0 saturated carbocycles. The summed E-state index contributed by atoms with van der Waals surface area (Å²) in [6, 6.07) is 7.00. The zero-order valence-electron chi connectivity index (χ0n) is 15.1. The van der Waals surface area contributed by atoms with Crippen LogP contribution in [0.2, 0.25) is 0 Å². The lowest BCUT2D eigenvalue weighted by Crippen LogP contribution is -2.30. The number of hydrogen-bond acceptors (Lipinski definition) is 4. The van der Waals surface area contributed by atoms with E-state index >= 15 is 0 Å². The van der Waals surface area contributed by atoms with Gasteiger partial charge in [-0.2, -0.15) is 0 Å². The molecule has 2 aromatic rings. The number of thiophene rings is 1. The van der Waals surface area contributed by atoms with E-state index in [1.165, 1.54) is 10.4 Å². The molecule has 0 saturated heterocycles. The summed E-state index contributed by atoms with van der Waals surface area (Å²) in [4.78, 5) is 36.0. The van der Waals surface area contributed by atoms with Gasteiger partial charge in [-0.05, 0) is 48.4 Å². The van der Waals surface area contributed by atoms with E-state index in [1.54, 1.807) is 35.6 Å². The molecule has 1 aromatic carbocycles. The highest BCUT2D eigenvalue weighted by molar-refractivity contribution is 7.10. The van der Waals surface area contributed by atoms with Gasteiger partial charge in [0.25, 0.3) is 5.91 Å². The van der Waals surface area contributed by atoms with Gasteiger partial charge >= 0.3 is 5.97 Å². The summed E-state index contributed by atoms with van der Waals surface area (Å²) in [6.45, 7) is 1.85. The second-order valence-electron chi connectivity index (χ2n) is 6.90. The molecule has 0 radical (unpaired) electrons.